The summed E-state index contributed by atoms with van der Waals surface area (Å²) < 4.78 is 0.702. The quantitative estimate of drug-likeness (QED) is 0.900. The molecule has 6 heteroatoms. The number of hydrogen-bond donors (Lipinski definition) is 2. The number of benzene rings is 1. The van der Waals surface area contributed by atoms with Crippen molar-refractivity contribution in [3.05, 3.63) is 58.3 Å². The van der Waals surface area contributed by atoms with Gasteiger partial charge in [0.25, 0.3) is 5.91 Å². The molecule has 1 aromatic heterocycles. The smallest absolute Gasteiger partial charge is 0.309 e. The number of carboxylic acid groups (broad SMARTS) is 1. The van der Waals surface area contributed by atoms with Crippen molar-refractivity contribution in [2.24, 2.45) is 0 Å². The Morgan fingerprint density at radius 3 is 2.55 bits per heavy atom. The van der Waals surface area contributed by atoms with Crippen molar-refractivity contribution in [3.63, 3.8) is 0 Å². The number of amides is 1. The summed E-state index contributed by atoms with van der Waals surface area (Å²) >= 11 is 3.31. The highest BCUT2D eigenvalue weighted by Crippen LogP contribution is 2.17. The van der Waals surface area contributed by atoms with Gasteiger partial charge in [-0.25, -0.2) is 0 Å². The van der Waals surface area contributed by atoms with E-state index in [0.29, 0.717) is 21.4 Å². The van der Waals surface area contributed by atoms with Gasteiger partial charge < -0.3 is 10.4 Å². The third-order valence-electron chi connectivity index (χ3n) is 2.53. The highest BCUT2D eigenvalue weighted by atomic mass is 79.9. The van der Waals surface area contributed by atoms with Gasteiger partial charge in [0, 0.05) is 4.47 Å². The molecular formula is C14H11BrN2O3. The molecule has 0 unspecified atom stereocenters. The van der Waals surface area contributed by atoms with E-state index in [0.717, 1.165) is 0 Å². The average molecular weight is 335 g/mol. The summed E-state index contributed by atoms with van der Waals surface area (Å²) in [7, 11) is 0. The first kappa shape index (κ1) is 14.2. The summed E-state index contributed by atoms with van der Waals surface area (Å²) in [5.74, 6) is -1.20. The molecule has 0 saturated carbocycles. The molecule has 0 atom stereocenters. The number of aliphatic carboxylic acids is 1. The van der Waals surface area contributed by atoms with Crippen LogP contribution >= 0.6 is 15.9 Å². The van der Waals surface area contributed by atoms with E-state index in [4.69, 9.17) is 5.11 Å². The highest BCUT2D eigenvalue weighted by molar-refractivity contribution is 9.10. The fourth-order valence-electron chi connectivity index (χ4n) is 1.60. The number of nitrogens with zero attached hydrogens (tertiary/aromatic N) is 1. The Kier molecular flexibility index (Phi) is 4.47. The maximum absolute atomic E-state index is 12.0. The van der Waals surface area contributed by atoms with Crippen LogP contribution in [0.3, 0.4) is 0 Å². The zero-order valence-corrected chi connectivity index (χ0v) is 11.9. The third kappa shape index (κ3) is 3.64. The normalized spacial score (nSPS) is 10.1. The molecule has 0 aliphatic heterocycles. The van der Waals surface area contributed by atoms with Gasteiger partial charge in [-0.1, -0.05) is 12.1 Å². The van der Waals surface area contributed by atoms with Gasteiger partial charge in [-0.05, 0) is 40.2 Å². The summed E-state index contributed by atoms with van der Waals surface area (Å²) in [6.07, 6.45) is 1.30. The monoisotopic (exact) mass is 334 g/mol. The number of carbonyl (C=O) groups excluding carboxylic acids is 1. The van der Waals surface area contributed by atoms with Crippen LogP contribution in [0.1, 0.15) is 16.1 Å². The maximum Gasteiger partial charge on any atom is 0.309 e. The molecule has 2 aromatic rings. The SMILES string of the molecule is O=C(O)Cc1ccc(NC(=O)c2ccccc2Br)cn1. The predicted octanol–water partition coefficient (Wildman–Crippen LogP) is 2.72. The molecule has 0 spiro atoms. The Morgan fingerprint density at radius 1 is 1.20 bits per heavy atom. The standard InChI is InChI=1S/C14H11BrN2O3/c15-12-4-2-1-3-11(12)14(20)17-10-6-5-9(16-8-10)7-13(18)19/h1-6,8H,7H2,(H,17,20)(H,18,19). The van der Waals surface area contributed by atoms with Crippen LogP contribution in [-0.4, -0.2) is 22.0 Å². The van der Waals surface area contributed by atoms with Gasteiger partial charge in [0.2, 0.25) is 0 Å². The van der Waals surface area contributed by atoms with E-state index in [1.807, 2.05) is 6.07 Å². The number of pyridine rings is 1. The minimum Gasteiger partial charge on any atom is -0.481 e. The number of nitrogens with one attached hydrogen (secondary N) is 1. The van der Waals surface area contributed by atoms with Gasteiger partial charge in [-0.15, -0.1) is 0 Å². The fourth-order valence-corrected chi connectivity index (χ4v) is 2.07. The van der Waals surface area contributed by atoms with E-state index < -0.39 is 5.97 Å². The van der Waals surface area contributed by atoms with Gasteiger partial charge in [0.15, 0.2) is 0 Å². The number of halogens is 1. The minimum absolute atomic E-state index is 0.140. The van der Waals surface area contributed by atoms with E-state index in [1.165, 1.54) is 6.20 Å². The number of carbonyl (C=O) groups is 2. The van der Waals surface area contributed by atoms with Crippen molar-refractivity contribution in [3.8, 4) is 0 Å². The molecule has 1 heterocycles. The molecule has 102 valence electrons. The van der Waals surface area contributed by atoms with Gasteiger partial charge in [0.05, 0.1) is 29.6 Å². The van der Waals surface area contributed by atoms with Crippen molar-refractivity contribution in [1.29, 1.82) is 0 Å². The first-order valence-electron chi connectivity index (χ1n) is 5.79. The first-order valence-corrected chi connectivity index (χ1v) is 6.58. The lowest BCUT2D eigenvalue weighted by Crippen LogP contribution is -2.13. The molecule has 0 aliphatic carbocycles. The minimum atomic E-state index is -0.942. The van der Waals surface area contributed by atoms with Gasteiger partial charge in [-0.3, -0.25) is 14.6 Å². The summed E-state index contributed by atoms with van der Waals surface area (Å²) in [4.78, 5) is 26.6. The molecule has 0 radical (unpaired) electrons. The van der Waals surface area contributed by atoms with Crippen LogP contribution in [0.2, 0.25) is 0 Å². The molecule has 0 saturated heterocycles. The first-order chi connectivity index (χ1) is 9.56. The Balaban J connectivity index is 2.09. The number of anilines is 1. The van der Waals surface area contributed by atoms with Crippen molar-refractivity contribution in [1.82, 2.24) is 4.98 Å². The van der Waals surface area contributed by atoms with Crippen molar-refractivity contribution in [2.75, 3.05) is 5.32 Å². The topological polar surface area (TPSA) is 79.3 Å². The van der Waals surface area contributed by atoms with Crippen molar-refractivity contribution < 1.29 is 14.7 Å². The van der Waals surface area contributed by atoms with Crippen molar-refractivity contribution in [2.45, 2.75) is 6.42 Å². The molecule has 20 heavy (non-hydrogen) atoms. The van der Waals surface area contributed by atoms with Gasteiger partial charge in [-0.2, -0.15) is 0 Å². The average Bonchev–Trinajstić information content (AvgIpc) is 2.41. The largest absolute Gasteiger partial charge is 0.481 e. The van der Waals surface area contributed by atoms with Crippen LogP contribution in [0.4, 0.5) is 5.69 Å². The highest BCUT2D eigenvalue weighted by Gasteiger charge is 2.09. The maximum atomic E-state index is 12.0. The third-order valence-corrected chi connectivity index (χ3v) is 3.22. The molecule has 1 aromatic carbocycles. The number of aromatic nitrogens is 1. The van der Waals surface area contributed by atoms with Crippen LogP contribution < -0.4 is 5.32 Å². The lowest BCUT2D eigenvalue weighted by molar-refractivity contribution is -0.136. The molecular weight excluding hydrogens is 324 g/mol. The second-order valence-corrected chi connectivity index (χ2v) is 4.90. The van der Waals surface area contributed by atoms with E-state index in [9.17, 15) is 9.59 Å². The van der Waals surface area contributed by atoms with Crippen molar-refractivity contribution >= 4 is 33.5 Å². The molecule has 2 N–H and O–H groups in total. The lowest BCUT2D eigenvalue weighted by atomic mass is 10.2. The molecule has 5 nitrogen and oxygen atoms in total. The Labute approximate surface area is 123 Å². The fraction of sp³-hybridized carbons (Fsp3) is 0.0714. The summed E-state index contributed by atoms with van der Waals surface area (Å²) in [6, 6.07) is 10.3. The van der Waals surface area contributed by atoms with Crippen LogP contribution in [0.25, 0.3) is 0 Å². The van der Waals surface area contributed by atoms with E-state index in [2.05, 4.69) is 26.2 Å². The zero-order valence-electron chi connectivity index (χ0n) is 10.3. The summed E-state index contributed by atoms with van der Waals surface area (Å²) in [6.45, 7) is 0. The molecule has 0 fully saturated rings. The molecule has 2 rings (SSSR count). The van der Waals surface area contributed by atoms with E-state index in [1.54, 1.807) is 30.3 Å². The number of hydrogen-bond acceptors (Lipinski definition) is 3. The summed E-state index contributed by atoms with van der Waals surface area (Å²) in [5, 5.41) is 11.3. The Morgan fingerprint density at radius 2 is 1.95 bits per heavy atom. The Hall–Kier alpha value is -2.21. The molecule has 0 bridgehead atoms. The van der Waals surface area contributed by atoms with Crippen LogP contribution in [0.15, 0.2) is 47.1 Å². The molecule has 1 amide bonds. The van der Waals surface area contributed by atoms with Crippen LogP contribution in [0, 0.1) is 0 Å². The van der Waals surface area contributed by atoms with Crippen LogP contribution in [-0.2, 0) is 11.2 Å². The van der Waals surface area contributed by atoms with Gasteiger partial charge >= 0.3 is 5.97 Å². The predicted molar refractivity (Wildman–Crippen MR) is 77.7 cm³/mol. The van der Waals surface area contributed by atoms with E-state index in [-0.39, 0.29) is 12.3 Å². The van der Waals surface area contributed by atoms with E-state index >= 15 is 0 Å². The number of carboxylic acids is 1. The number of rotatable bonds is 4. The zero-order chi connectivity index (χ0) is 14.5. The second-order valence-electron chi connectivity index (χ2n) is 4.04. The lowest BCUT2D eigenvalue weighted by Gasteiger charge is -2.06. The summed E-state index contributed by atoms with van der Waals surface area (Å²) in [5.41, 5.74) is 1.47. The van der Waals surface area contributed by atoms with Gasteiger partial charge in [0.1, 0.15) is 0 Å². The second kappa shape index (κ2) is 6.29. The molecule has 0 aliphatic rings. The van der Waals surface area contributed by atoms with Crippen LogP contribution in [0.5, 0.6) is 0 Å². The Bertz CT molecular complexity index is 641.